The first-order valence-electron chi connectivity index (χ1n) is 11.1. The number of rotatable bonds is 19. The average molecular weight is 389 g/mol. The number of quaternary nitrogens is 1. The molecule has 0 aromatic carbocycles. The first kappa shape index (κ1) is 25.9. The maximum absolute atomic E-state index is 11.9. The van der Waals surface area contributed by atoms with E-state index in [4.69, 9.17) is 5.11 Å². The molecule has 0 aliphatic carbocycles. The summed E-state index contributed by atoms with van der Waals surface area (Å²) in [5, 5.41) is 9.35. The monoisotopic (exact) mass is 388 g/mol. The van der Waals surface area contributed by atoms with Gasteiger partial charge in [0.15, 0.2) is 5.12 Å². The lowest BCUT2D eigenvalue weighted by Crippen LogP contribution is -2.43. The van der Waals surface area contributed by atoms with E-state index in [1.54, 1.807) is 0 Å². The highest BCUT2D eigenvalue weighted by molar-refractivity contribution is 8.13. The van der Waals surface area contributed by atoms with E-state index in [1.807, 2.05) is 0 Å². The van der Waals surface area contributed by atoms with Crippen molar-refractivity contribution in [2.45, 2.75) is 96.8 Å². The molecule has 26 heavy (non-hydrogen) atoms. The number of hydrogen-bond acceptors (Lipinski definition) is 3. The van der Waals surface area contributed by atoms with Crippen LogP contribution >= 0.6 is 11.8 Å². The average Bonchev–Trinajstić information content (AvgIpc) is 2.58. The molecule has 0 atom stereocenters. The van der Waals surface area contributed by atoms with Crippen molar-refractivity contribution in [2.24, 2.45) is 0 Å². The van der Waals surface area contributed by atoms with E-state index in [0.29, 0.717) is 5.12 Å². The van der Waals surface area contributed by atoms with E-state index in [9.17, 15) is 4.79 Å². The standard InChI is InChI=1S/C22H46NO2S/c1-4-5-6-7-8-9-10-11-12-13-14-15-16-17-22(25)26-21-19-23(2,3)18-20-24/h24H,4-21H2,1-3H3/q+1. The molecule has 0 unspecified atom stereocenters. The summed E-state index contributed by atoms with van der Waals surface area (Å²) in [6.07, 6.45) is 18.2. The SMILES string of the molecule is CCCCCCCCCCCCCCCC(=O)SCC[N+](C)(C)CCO. The first-order valence-corrected chi connectivity index (χ1v) is 12.1. The minimum Gasteiger partial charge on any atom is -0.391 e. The maximum atomic E-state index is 11.9. The van der Waals surface area contributed by atoms with Crippen molar-refractivity contribution in [2.75, 3.05) is 39.5 Å². The van der Waals surface area contributed by atoms with Crippen LogP contribution in [0.3, 0.4) is 0 Å². The number of carbonyl (C=O) groups is 1. The second kappa shape index (κ2) is 18.3. The molecule has 0 aromatic heterocycles. The molecule has 0 amide bonds. The van der Waals surface area contributed by atoms with Crippen molar-refractivity contribution in [3.63, 3.8) is 0 Å². The van der Waals surface area contributed by atoms with Crippen molar-refractivity contribution in [1.82, 2.24) is 0 Å². The zero-order chi connectivity index (χ0) is 19.5. The topological polar surface area (TPSA) is 37.3 Å². The van der Waals surface area contributed by atoms with Gasteiger partial charge in [0.1, 0.15) is 6.54 Å². The largest absolute Gasteiger partial charge is 0.391 e. The zero-order valence-corrected chi connectivity index (χ0v) is 18.8. The Hall–Kier alpha value is -0.0600. The summed E-state index contributed by atoms with van der Waals surface area (Å²) < 4.78 is 0.787. The van der Waals surface area contributed by atoms with Gasteiger partial charge in [0.25, 0.3) is 0 Å². The molecule has 0 heterocycles. The van der Waals surface area contributed by atoms with Gasteiger partial charge in [0.05, 0.1) is 33.0 Å². The maximum Gasteiger partial charge on any atom is 0.189 e. The van der Waals surface area contributed by atoms with Crippen molar-refractivity contribution in [1.29, 1.82) is 0 Å². The summed E-state index contributed by atoms with van der Waals surface area (Å²) in [6, 6.07) is 0. The van der Waals surface area contributed by atoms with E-state index >= 15 is 0 Å². The zero-order valence-electron chi connectivity index (χ0n) is 17.9. The molecule has 0 fully saturated rings. The van der Waals surface area contributed by atoms with Gasteiger partial charge in [-0.3, -0.25) is 4.79 Å². The molecule has 0 spiro atoms. The van der Waals surface area contributed by atoms with Crippen molar-refractivity contribution < 1.29 is 14.4 Å². The van der Waals surface area contributed by atoms with Crippen LogP contribution in [-0.4, -0.2) is 54.2 Å². The highest BCUT2D eigenvalue weighted by Crippen LogP contribution is 2.15. The number of likely N-dealkylation sites (N-methyl/N-ethyl adjacent to an activating group) is 1. The fraction of sp³-hybridized carbons (Fsp3) is 0.955. The van der Waals surface area contributed by atoms with Crippen LogP contribution in [-0.2, 0) is 4.79 Å². The first-order chi connectivity index (χ1) is 12.5. The molecule has 3 nitrogen and oxygen atoms in total. The Balaban J connectivity index is 3.28. The smallest absolute Gasteiger partial charge is 0.189 e. The van der Waals surface area contributed by atoms with Gasteiger partial charge < -0.3 is 9.59 Å². The van der Waals surface area contributed by atoms with Gasteiger partial charge in [0.2, 0.25) is 0 Å². The second-order valence-corrected chi connectivity index (χ2v) is 9.47. The number of thioether (sulfide) groups is 1. The van der Waals surface area contributed by atoms with Crippen LogP contribution in [0, 0.1) is 0 Å². The van der Waals surface area contributed by atoms with Crippen LogP contribution < -0.4 is 0 Å². The molecule has 0 saturated heterocycles. The quantitative estimate of drug-likeness (QED) is 0.224. The number of unbranched alkanes of at least 4 members (excludes halogenated alkanes) is 12. The van der Waals surface area contributed by atoms with Crippen molar-refractivity contribution in [3.05, 3.63) is 0 Å². The third-order valence-electron chi connectivity index (χ3n) is 5.15. The van der Waals surface area contributed by atoms with Crippen LogP contribution in [0.15, 0.2) is 0 Å². The summed E-state index contributed by atoms with van der Waals surface area (Å²) in [5.74, 6) is 0.865. The van der Waals surface area contributed by atoms with Crippen LogP contribution in [0.25, 0.3) is 0 Å². The minimum atomic E-state index is 0.213. The Labute approximate surface area is 167 Å². The van der Waals surface area contributed by atoms with Crippen LogP contribution in [0.5, 0.6) is 0 Å². The molecule has 0 aromatic rings. The number of hydrogen-bond donors (Lipinski definition) is 1. The van der Waals surface area contributed by atoms with E-state index in [1.165, 1.54) is 88.8 Å². The van der Waals surface area contributed by atoms with Gasteiger partial charge in [-0.1, -0.05) is 95.7 Å². The van der Waals surface area contributed by atoms with Gasteiger partial charge >= 0.3 is 0 Å². The van der Waals surface area contributed by atoms with E-state index in [2.05, 4.69) is 21.0 Å². The number of carbonyl (C=O) groups excluding carboxylic acids is 1. The molecule has 4 heteroatoms. The Kier molecular flexibility index (Phi) is 18.3. The molecule has 156 valence electrons. The highest BCUT2D eigenvalue weighted by Gasteiger charge is 2.14. The highest BCUT2D eigenvalue weighted by atomic mass is 32.2. The number of aliphatic hydroxyl groups excluding tert-OH is 1. The Morgan fingerprint density at radius 3 is 1.69 bits per heavy atom. The molecule has 0 saturated carbocycles. The lowest BCUT2D eigenvalue weighted by molar-refractivity contribution is -0.888. The fourth-order valence-electron chi connectivity index (χ4n) is 3.15. The van der Waals surface area contributed by atoms with E-state index < -0.39 is 0 Å². The Bertz CT molecular complexity index is 321. The van der Waals surface area contributed by atoms with Gasteiger partial charge in [0, 0.05) is 6.42 Å². The molecule has 0 rings (SSSR count). The summed E-state index contributed by atoms with van der Waals surface area (Å²) >= 11 is 1.48. The third kappa shape index (κ3) is 18.7. The van der Waals surface area contributed by atoms with Gasteiger partial charge in [-0.05, 0) is 6.42 Å². The summed E-state index contributed by atoms with van der Waals surface area (Å²) in [7, 11) is 4.21. The molecular formula is C22H46NO2S+. The molecule has 0 radical (unpaired) electrons. The third-order valence-corrected chi connectivity index (χ3v) is 6.06. The van der Waals surface area contributed by atoms with Crippen molar-refractivity contribution in [3.8, 4) is 0 Å². The second-order valence-electron chi connectivity index (χ2n) is 8.32. The lowest BCUT2D eigenvalue weighted by atomic mass is 10.0. The molecule has 0 bridgehead atoms. The molecule has 0 aliphatic rings. The Morgan fingerprint density at radius 1 is 0.769 bits per heavy atom. The molecular weight excluding hydrogens is 342 g/mol. The molecule has 0 aliphatic heterocycles. The normalized spacial score (nSPS) is 11.8. The Morgan fingerprint density at radius 2 is 1.23 bits per heavy atom. The van der Waals surface area contributed by atoms with Crippen molar-refractivity contribution >= 4 is 16.9 Å². The van der Waals surface area contributed by atoms with E-state index in [-0.39, 0.29) is 6.61 Å². The fourth-order valence-corrected chi connectivity index (χ4v) is 4.25. The predicted octanol–water partition coefficient (Wildman–Crippen LogP) is 5.80. The minimum absolute atomic E-state index is 0.213. The summed E-state index contributed by atoms with van der Waals surface area (Å²) in [5.41, 5.74) is 0. The summed E-state index contributed by atoms with van der Waals surface area (Å²) in [4.78, 5) is 11.9. The number of nitrogens with zero attached hydrogens (tertiary/aromatic N) is 1. The van der Waals surface area contributed by atoms with E-state index in [0.717, 1.165) is 36.2 Å². The van der Waals surface area contributed by atoms with Gasteiger partial charge in [-0.15, -0.1) is 0 Å². The van der Waals surface area contributed by atoms with Gasteiger partial charge in [-0.25, -0.2) is 0 Å². The number of aliphatic hydroxyl groups is 1. The predicted molar refractivity (Wildman–Crippen MR) is 117 cm³/mol. The lowest BCUT2D eigenvalue weighted by Gasteiger charge is -2.28. The molecule has 1 N–H and O–H groups in total. The van der Waals surface area contributed by atoms with Gasteiger partial charge in [-0.2, -0.15) is 0 Å². The van der Waals surface area contributed by atoms with Crippen LogP contribution in [0.4, 0.5) is 0 Å². The van der Waals surface area contributed by atoms with Crippen LogP contribution in [0.2, 0.25) is 0 Å². The summed E-state index contributed by atoms with van der Waals surface area (Å²) in [6.45, 7) is 4.18. The van der Waals surface area contributed by atoms with Crippen LogP contribution in [0.1, 0.15) is 96.8 Å².